The van der Waals surface area contributed by atoms with Gasteiger partial charge in [0, 0.05) is 24.5 Å². The molecule has 11 heteroatoms. The highest BCUT2D eigenvalue weighted by atomic mass is 28.4. The summed E-state index contributed by atoms with van der Waals surface area (Å²) in [4.78, 5) is 18.8. The van der Waals surface area contributed by atoms with Gasteiger partial charge in [0.15, 0.2) is 11.3 Å². The fourth-order valence-electron chi connectivity index (χ4n) is 7.44. The first-order valence-electron chi connectivity index (χ1n) is 16.4. The van der Waals surface area contributed by atoms with E-state index < -0.39 is 8.32 Å². The molecule has 47 heavy (non-hydrogen) atoms. The van der Waals surface area contributed by atoms with Crippen molar-refractivity contribution in [1.82, 2.24) is 38.5 Å². The minimum Gasteiger partial charge on any atom is -0.404 e. The average molecular weight is 642 g/mol. The Hall–Kier alpha value is -4.87. The summed E-state index contributed by atoms with van der Waals surface area (Å²) in [6.45, 7) is 9.09. The molecular formula is C36H39N9OSi. The molecule has 10 nitrogen and oxygen atoms in total. The molecule has 1 fully saturated rings. The quantitative estimate of drug-likeness (QED) is 0.206. The zero-order valence-electron chi connectivity index (χ0n) is 27.2. The van der Waals surface area contributed by atoms with Crippen LogP contribution in [-0.2, 0) is 4.43 Å². The Kier molecular flexibility index (Phi) is 7.18. The van der Waals surface area contributed by atoms with E-state index in [0.29, 0.717) is 5.95 Å². The molecule has 1 N–H and O–H groups in total. The molecule has 0 aliphatic heterocycles. The molecule has 0 radical (unpaired) electrons. The van der Waals surface area contributed by atoms with E-state index in [1.165, 1.54) is 10.4 Å². The van der Waals surface area contributed by atoms with Gasteiger partial charge < -0.3 is 9.74 Å². The number of benzene rings is 2. The van der Waals surface area contributed by atoms with Gasteiger partial charge in [-0.2, -0.15) is 10.1 Å². The summed E-state index contributed by atoms with van der Waals surface area (Å²) in [5.74, 6) is 1.42. The van der Waals surface area contributed by atoms with Crippen LogP contribution in [0.2, 0.25) is 5.04 Å². The Morgan fingerprint density at radius 1 is 0.894 bits per heavy atom. The summed E-state index contributed by atoms with van der Waals surface area (Å²) in [5.41, 5.74) is 4.54. The summed E-state index contributed by atoms with van der Waals surface area (Å²) >= 11 is 0. The molecule has 5 aromatic heterocycles. The van der Waals surface area contributed by atoms with Crippen LogP contribution in [0.15, 0.2) is 97.8 Å². The zero-order valence-corrected chi connectivity index (χ0v) is 28.2. The number of fused-ring (bicyclic) bond motifs is 4. The Morgan fingerprint density at radius 2 is 1.60 bits per heavy atom. The van der Waals surface area contributed by atoms with Crippen LogP contribution in [0.3, 0.4) is 0 Å². The third-order valence-corrected chi connectivity index (χ3v) is 14.8. The molecule has 0 bridgehead atoms. The SMILES string of the molecule is Cc1cc2ncnn2cc1Nc1ncc2c(n1)n(C1CCC(O[Si](c3ccccc3)(c3ccccc3)C(C)(C)C)CC1)c1nccn21. The normalized spacial score (nSPS) is 17.5. The lowest BCUT2D eigenvalue weighted by Crippen LogP contribution is -2.67. The van der Waals surface area contributed by atoms with E-state index in [2.05, 4.69) is 111 Å². The highest BCUT2D eigenvalue weighted by Crippen LogP contribution is 2.41. The average Bonchev–Trinajstić information content (AvgIpc) is 3.81. The number of aromatic nitrogens is 8. The number of anilines is 2. The van der Waals surface area contributed by atoms with E-state index in [4.69, 9.17) is 14.4 Å². The Morgan fingerprint density at radius 3 is 2.28 bits per heavy atom. The second kappa shape index (κ2) is 11.4. The fourth-order valence-corrected chi connectivity index (χ4v) is 12.2. The molecular weight excluding hydrogens is 603 g/mol. The third kappa shape index (κ3) is 5.01. The highest BCUT2D eigenvalue weighted by Gasteiger charge is 2.51. The standard InChI is InChI=1S/C36H39N9OSi/c1-25-21-32-39-24-40-44(32)23-30(25)41-34-38-22-31-33(42-34)45(35-37-19-20-43(31)35)26-15-17-27(18-16-26)46-47(36(2,3)4,28-11-7-5-8-12-28)29-13-9-6-10-14-29/h5-14,19-24,26-27H,15-18H2,1-4H3,(H,38,41,42). The molecule has 0 spiro atoms. The monoisotopic (exact) mass is 641 g/mol. The fraction of sp³-hybridized carbons (Fsp3) is 0.306. The molecule has 238 valence electrons. The van der Waals surface area contributed by atoms with Crippen LogP contribution in [0.5, 0.6) is 0 Å². The minimum atomic E-state index is -2.63. The largest absolute Gasteiger partial charge is 0.404 e. The van der Waals surface area contributed by atoms with Crippen molar-refractivity contribution in [3.8, 4) is 0 Å². The second-order valence-corrected chi connectivity index (χ2v) is 17.9. The maximum atomic E-state index is 7.52. The lowest BCUT2D eigenvalue weighted by atomic mass is 9.93. The van der Waals surface area contributed by atoms with Gasteiger partial charge in [0.1, 0.15) is 11.8 Å². The van der Waals surface area contributed by atoms with Crippen LogP contribution in [0.1, 0.15) is 58.1 Å². The summed E-state index contributed by atoms with van der Waals surface area (Å²) < 4.78 is 13.7. The maximum absolute atomic E-state index is 7.52. The van der Waals surface area contributed by atoms with Crippen molar-refractivity contribution in [2.24, 2.45) is 0 Å². The van der Waals surface area contributed by atoms with Crippen molar-refractivity contribution < 1.29 is 4.43 Å². The van der Waals surface area contributed by atoms with Crippen molar-refractivity contribution in [2.45, 2.75) is 70.6 Å². The van der Waals surface area contributed by atoms with E-state index in [9.17, 15) is 0 Å². The van der Waals surface area contributed by atoms with Crippen LogP contribution in [-0.4, -0.2) is 52.9 Å². The van der Waals surface area contributed by atoms with Gasteiger partial charge in [-0.3, -0.25) is 8.97 Å². The predicted octanol–water partition coefficient (Wildman–Crippen LogP) is 6.23. The molecule has 7 aromatic rings. The molecule has 2 aromatic carbocycles. The number of nitrogens with zero attached hydrogens (tertiary/aromatic N) is 8. The molecule has 8 rings (SSSR count). The lowest BCUT2D eigenvalue weighted by molar-refractivity contribution is 0.124. The zero-order chi connectivity index (χ0) is 32.2. The topological polar surface area (TPSA) is 99.5 Å². The molecule has 0 unspecified atom stereocenters. The van der Waals surface area contributed by atoms with Gasteiger partial charge in [0.05, 0.1) is 18.1 Å². The number of hydrogen-bond acceptors (Lipinski definition) is 7. The molecule has 1 aliphatic carbocycles. The number of hydrogen-bond donors (Lipinski definition) is 1. The number of aryl methyl sites for hydroxylation is 1. The number of pyridine rings is 1. The van der Waals surface area contributed by atoms with Crippen molar-refractivity contribution in [2.75, 3.05) is 5.32 Å². The van der Waals surface area contributed by atoms with E-state index in [0.717, 1.165) is 59.5 Å². The van der Waals surface area contributed by atoms with E-state index >= 15 is 0 Å². The molecule has 0 atom stereocenters. The second-order valence-electron chi connectivity index (χ2n) is 13.6. The van der Waals surface area contributed by atoms with Crippen molar-refractivity contribution in [3.63, 3.8) is 0 Å². The smallest absolute Gasteiger partial charge is 0.261 e. The van der Waals surface area contributed by atoms with Crippen LogP contribution in [0.4, 0.5) is 11.6 Å². The number of nitrogens with one attached hydrogen (secondary N) is 1. The van der Waals surface area contributed by atoms with Crippen LogP contribution in [0.25, 0.3) is 22.6 Å². The number of imidazole rings is 2. The van der Waals surface area contributed by atoms with Crippen molar-refractivity contribution >= 4 is 52.9 Å². The summed E-state index contributed by atoms with van der Waals surface area (Å²) in [5, 5.41) is 10.3. The van der Waals surface area contributed by atoms with Gasteiger partial charge in [-0.1, -0.05) is 81.4 Å². The predicted molar refractivity (Wildman–Crippen MR) is 187 cm³/mol. The van der Waals surface area contributed by atoms with Crippen molar-refractivity contribution in [1.29, 1.82) is 0 Å². The Labute approximate surface area is 274 Å². The van der Waals surface area contributed by atoms with Gasteiger partial charge in [0.25, 0.3) is 8.32 Å². The first kappa shape index (κ1) is 29.5. The minimum absolute atomic E-state index is 0.0532. The van der Waals surface area contributed by atoms with Crippen LogP contribution in [0, 0.1) is 6.92 Å². The summed E-state index contributed by atoms with van der Waals surface area (Å²) in [7, 11) is -2.63. The van der Waals surface area contributed by atoms with Gasteiger partial charge >= 0.3 is 0 Å². The van der Waals surface area contributed by atoms with Gasteiger partial charge in [-0.25, -0.2) is 19.5 Å². The van der Waals surface area contributed by atoms with Gasteiger partial charge in [-0.15, -0.1) is 0 Å². The number of rotatable bonds is 7. The molecule has 1 aliphatic rings. The highest BCUT2D eigenvalue weighted by molar-refractivity contribution is 6.99. The van der Waals surface area contributed by atoms with Gasteiger partial charge in [-0.05, 0) is 59.6 Å². The molecule has 1 saturated carbocycles. The van der Waals surface area contributed by atoms with Crippen LogP contribution < -0.4 is 15.7 Å². The van der Waals surface area contributed by atoms with E-state index in [1.54, 1.807) is 10.8 Å². The molecule has 0 amide bonds. The Balaban J connectivity index is 1.10. The first-order chi connectivity index (χ1) is 22.8. The third-order valence-electron chi connectivity index (χ3n) is 9.71. The maximum Gasteiger partial charge on any atom is 0.261 e. The van der Waals surface area contributed by atoms with E-state index in [1.807, 2.05) is 37.8 Å². The summed E-state index contributed by atoms with van der Waals surface area (Å²) in [6.07, 6.45) is 13.3. The molecule has 0 saturated heterocycles. The lowest BCUT2D eigenvalue weighted by Gasteiger charge is -2.46. The van der Waals surface area contributed by atoms with E-state index in [-0.39, 0.29) is 17.2 Å². The Bertz CT molecular complexity index is 2140. The van der Waals surface area contributed by atoms with Gasteiger partial charge in [0.2, 0.25) is 11.7 Å². The summed E-state index contributed by atoms with van der Waals surface area (Å²) in [6, 6.07) is 24.1. The van der Waals surface area contributed by atoms with Crippen molar-refractivity contribution in [3.05, 3.63) is 103 Å². The van der Waals surface area contributed by atoms with Crippen LogP contribution >= 0.6 is 0 Å². The first-order valence-corrected chi connectivity index (χ1v) is 18.3. The molecule has 5 heterocycles.